The molecule has 0 saturated carbocycles. The van der Waals surface area contributed by atoms with E-state index < -0.39 is 5.82 Å². The molecule has 1 atom stereocenters. The lowest BCUT2D eigenvalue weighted by Gasteiger charge is -2.21. The van der Waals surface area contributed by atoms with Crippen molar-refractivity contribution in [3.8, 4) is 0 Å². The minimum atomic E-state index is -0.412. The SMILES string of the molecule is O=C(CC1CCCCO1)Nc1ccccc1F. The molecule has 1 aliphatic rings. The largest absolute Gasteiger partial charge is 0.378 e. The summed E-state index contributed by atoms with van der Waals surface area (Å²) in [4.78, 5) is 11.7. The van der Waals surface area contributed by atoms with Gasteiger partial charge in [0.25, 0.3) is 0 Å². The number of anilines is 1. The van der Waals surface area contributed by atoms with E-state index in [0.29, 0.717) is 6.42 Å². The Labute approximate surface area is 100.0 Å². The highest BCUT2D eigenvalue weighted by atomic mass is 19.1. The minimum absolute atomic E-state index is 0.0180. The predicted octanol–water partition coefficient (Wildman–Crippen LogP) is 2.72. The summed E-state index contributed by atoms with van der Waals surface area (Å²) >= 11 is 0. The van der Waals surface area contributed by atoms with Crippen molar-refractivity contribution in [2.45, 2.75) is 31.8 Å². The second-order valence-electron chi connectivity index (χ2n) is 4.22. The summed E-state index contributed by atoms with van der Waals surface area (Å²) in [6.07, 6.45) is 3.35. The summed E-state index contributed by atoms with van der Waals surface area (Å²) < 4.78 is 18.7. The quantitative estimate of drug-likeness (QED) is 0.877. The zero-order valence-electron chi connectivity index (χ0n) is 9.62. The standard InChI is InChI=1S/C13H16FNO2/c14-11-6-1-2-7-12(11)15-13(16)9-10-5-3-4-8-17-10/h1-2,6-7,10H,3-5,8-9H2,(H,15,16). The maximum atomic E-state index is 13.3. The van der Waals surface area contributed by atoms with Gasteiger partial charge in [0.2, 0.25) is 5.91 Å². The molecule has 92 valence electrons. The number of benzene rings is 1. The molecule has 0 spiro atoms. The molecule has 4 heteroatoms. The van der Waals surface area contributed by atoms with E-state index in [1.165, 1.54) is 6.07 Å². The van der Waals surface area contributed by atoms with Gasteiger partial charge in [0.05, 0.1) is 18.2 Å². The van der Waals surface area contributed by atoms with Crippen LogP contribution in [0.15, 0.2) is 24.3 Å². The van der Waals surface area contributed by atoms with Crippen molar-refractivity contribution in [2.75, 3.05) is 11.9 Å². The van der Waals surface area contributed by atoms with Gasteiger partial charge < -0.3 is 10.1 Å². The van der Waals surface area contributed by atoms with Crippen LogP contribution in [0, 0.1) is 5.82 Å². The van der Waals surface area contributed by atoms with E-state index in [9.17, 15) is 9.18 Å². The monoisotopic (exact) mass is 237 g/mol. The number of ether oxygens (including phenoxy) is 1. The van der Waals surface area contributed by atoms with Crippen LogP contribution in [0.1, 0.15) is 25.7 Å². The maximum absolute atomic E-state index is 13.3. The van der Waals surface area contributed by atoms with Crippen LogP contribution in [-0.4, -0.2) is 18.6 Å². The van der Waals surface area contributed by atoms with Gasteiger partial charge in [0, 0.05) is 6.61 Å². The Morgan fingerprint density at radius 3 is 2.94 bits per heavy atom. The smallest absolute Gasteiger partial charge is 0.227 e. The maximum Gasteiger partial charge on any atom is 0.227 e. The van der Waals surface area contributed by atoms with Gasteiger partial charge in [-0.15, -0.1) is 0 Å². The van der Waals surface area contributed by atoms with E-state index >= 15 is 0 Å². The van der Waals surface area contributed by atoms with E-state index in [1.54, 1.807) is 18.2 Å². The molecule has 1 saturated heterocycles. The number of hydrogen-bond acceptors (Lipinski definition) is 2. The first-order chi connectivity index (χ1) is 8.25. The Morgan fingerprint density at radius 1 is 1.41 bits per heavy atom. The van der Waals surface area contributed by atoms with Gasteiger partial charge >= 0.3 is 0 Å². The fraction of sp³-hybridized carbons (Fsp3) is 0.462. The summed E-state index contributed by atoms with van der Waals surface area (Å²) in [5.41, 5.74) is 0.230. The second-order valence-corrected chi connectivity index (χ2v) is 4.22. The lowest BCUT2D eigenvalue weighted by atomic mass is 10.1. The molecular formula is C13H16FNO2. The van der Waals surface area contributed by atoms with Crippen molar-refractivity contribution in [3.63, 3.8) is 0 Å². The first-order valence-electron chi connectivity index (χ1n) is 5.91. The molecule has 0 aliphatic carbocycles. The molecule has 1 N–H and O–H groups in total. The molecule has 3 nitrogen and oxygen atoms in total. The average Bonchev–Trinajstić information content (AvgIpc) is 2.33. The van der Waals surface area contributed by atoms with E-state index in [0.717, 1.165) is 25.9 Å². The van der Waals surface area contributed by atoms with Crippen LogP contribution < -0.4 is 5.32 Å². The molecule has 1 fully saturated rings. The molecule has 0 aromatic heterocycles. The second kappa shape index (κ2) is 5.77. The third kappa shape index (κ3) is 3.53. The van der Waals surface area contributed by atoms with Crippen LogP contribution >= 0.6 is 0 Å². The molecule has 1 amide bonds. The summed E-state index contributed by atoms with van der Waals surface area (Å²) in [5, 5.41) is 2.56. The Hall–Kier alpha value is -1.42. The number of carbonyl (C=O) groups excluding carboxylic acids is 1. The van der Waals surface area contributed by atoms with Crippen LogP contribution in [-0.2, 0) is 9.53 Å². The first-order valence-corrected chi connectivity index (χ1v) is 5.91. The Morgan fingerprint density at radius 2 is 2.24 bits per heavy atom. The van der Waals surface area contributed by atoms with Crippen molar-refractivity contribution in [1.29, 1.82) is 0 Å². The summed E-state index contributed by atoms with van der Waals surface area (Å²) in [5.74, 6) is -0.604. The number of para-hydroxylation sites is 1. The molecule has 17 heavy (non-hydrogen) atoms. The highest BCUT2D eigenvalue weighted by Crippen LogP contribution is 2.17. The van der Waals surface area contributed by atoms with E-state index in [4.69, 9.17) is 4.74 Å². The number of rotatable bonds is 3. The number of nitrogens with one attached hydrogen (secondary N) is 1. The number of carbonyl (C=O) groups is 1. The third-order valence-electron chi connectivity index (χ3n) is 2.84. The number of hydrogen-bond donors (Lipinski definition) is 1. The highest BCUT2D eigenvalue weighted by molar-refractivity contribution is 5.91. The van der Waals surface area contributed by atoms with Crippen molar-refractivity contribution in [2.24, 2.45) is 0 Å². The van der Waals surface area contributed by atoms with Gasteiger partial charge in [0.15, 0.2) is 0 Å². The van der Waals surface area contributed by atoms with Crippen molar-refractivity contribution in [1.82, 2.24) is 0 Å². The molecule has 2 rings (SSSR count). The van der Waals surface area contributed by atoms with Crippen LogP contribution in [0.5, 0.6) is 0 Å². The summed E-state index contributed by atoms with van der Waals surface area (Å²) in [6.45, 7) is 0.720. The van der Waals surface area contributed by atoms with Gasteiger partial charge in [-0.1, -0.05) is 12.1 Å². The van der Waals surface area contributed by atoms with Crippen molar-refractivity contribution < 1.29 is 13.9 Å². The third-order valence-corrected chi connectivity index (χ3v) is 2.84. The van der Waals surface area contributed by atoms with Crippen molar-refractivity contribution >= 4 is 11.6 Å². The first kappa shape index (κ1) is 12.0. The fourth-order valence-electron chi connectivity index (χ4n) is 1.94. The molecule has 1 heterocycles. The molecule has 1 unspecified atom stereocenters. The zero-order valence-corrected chi connectivity index (χ0v) is 9.62. The zero-order chi connectivity index (χ0) is 12.1. The fourth-order valence-corrected chi connectivity index (χ4v) is 1.94. The Kier molecular flexibility index (Phi) is 4.09. The molecular weight excluding hydrogens is 221 g/mol. The van der Waals surface area contributed by atoms with Crippen LogP contribution in [0.3, 0.4) is 0 Å². The predicted molar refractivity (Wildman–Crippen MR) is 63.2 cm³/mol. The van der Waals surface area contributed by atoms with Crippen molar-refractivity contribution in [3.05, 3.63) is 30.1 Å². The lowest BCUT2D eigenvalue weighted by Crippen LogP contribution is -2.25. The van der Waals surface area contributed by atoms with Gasteiger partial charge in [-0.2, -0.15) is 0 Å². The van der Waals surface area contributed by atoms with Crippen LogP contribution in [0.2, 0.25) is 0 Å². The topological polar surface area (TPSA) is 38.3 Å². The highest BCUT2D eigenvalue weighted by Gasteiger charge is 2.18. The summed E-state index contributed by atoms with van der Waals surface area (Å²) in [6, 6.07) is 6.16. The minimum Gasteiger partial charge on any atom is -0.378 e. The molecule has 0 radical (unpaired) electrons. The van der Waals surface area contributed by atoms with Crippen LogP contribution in [0.4, 0.5) is 10.1 Å². The normalized spacial score (nSPS) is 19.9. The van der Waals surface area contributed by atoms with Crippen LogP contribution in [0.25, 0.3) is 0 Å². The lowest BCUT2D eigenvalue weighted by molar-refractivity contribution is -0.119. The van der Waals surface area contributed by atoms with E-state index in [1.807, 2.05) is 0 Å². The molecule has 1 aliphatic heterocycles. The van der Waals surface area contributed by atoms with E-state index in [2.05, 4.69) is 5.32 Å². The summed E-state index contributed by atoms with van der Waals surface area (Å²) in [7, 11) is 0. The average molecular weight is 237 g/mol. The molecule has 1 aromatic rings. The molecule has 1 aromatic carbocycles. The molecule has 0 bridgehead atoms. The van der Waals surface area contributed by atoms with Gasteiger partial charge in [-0.05, 0) is 31.4 Å². The van der Waals surface area contributed by atoms with Gasteiger partial charge in [-0.3, -0.25) is 4.79 Å². The Bertz CT molecular complexity index is 389. The number of halogens is 1. The van der Waals surface area contributed by atoms with Gasteiger partial charge in [0.1, 0.15) is 5.82 Å². The van der Waals surface area contributed by atoms with Gasteiger partial charge in [-0.25, -0.2) is 4.39 Å². The van der Waals surface area contributed by atoms with E-state index in [-0.39, 0.29) is 17.7 Å². The Balaban J connectivity index is 1.86. The number of amides is 1.